The van der Waals surface area contributed by atoms with Crippen molar-refractivity contribution in [3.63, 3.8) is 0 Å². The van der Waals surface area contributed by atoms with E-state index < -0.39 is 7.14 Å². The van der Waals surface area contributed by atoms with E-state index in [2.05, 4.69) is 27.6 Å². The predicted molar refractivity (Wildman–Crippen MR) is 70.2 cm³/mol. The predicted octanol–water partition coefficient (Wildman–Crippen LogP) is 3.00. The van der Waals surface area contributed by atoms with Crippen molar-refractivity contribution < 1.29 is 4.57 Å². The Morgan fingerprint density at radius 3 is 2.33 bits per heavy atom. The third kappa shape index (κ3) is 1.68. The number of nitrogens with zero attached hydrogens (tertiary/aromatic N) is 1. The van der Waals surface area contributed by atoms with Crippen LogP contribution in [-0.2, 0) is 4.57 Å². The van der Waals surface area contributed by atoms with Crippen LogP contribution in [0.2, 0.25) is 0 Å². The van der Waals surface area contributed by atoms with Crippen LogP contribution >= 0.6 is 29.7 Å². The molecule has 0 amide bonds. The van der Waals surface area contributed by atoms with Gasteiger partial charge in [-0.3, -0.25) is 4.98 Å². The summed E-state index contributed by atoms with van der Waals surface area (Å²) in [6, 6.07) is 1.99. The Morgan fingerprint density at radius 2 is 1.87 bits per heavy atom. The first kappa shape index (κ1) is 10.3. The first-order chi connectivity index (χ1) is 7.23. The molecule has 80 valence electrons. The third-order valence-electron chi connectivity index (χ3n) is 3.31. The molecule has 2 fully saturated rings. The number of aromatic nitrogens is 1. The highest BCUT2D eigenvalue weighted by molar-refractivity contribution is 14.1. The molecule has 0 spiro atoms. The SMILES string of the molecule is O=P(c1ccncc1I)(C1CC1)C1CC1. The van der Waals surface area contributed by atoms with Crippen molar-refractivity contribution in [3.05, 3.63) is 22.0 Å². The van der Waals surface area contributed by atoms with E-state index in [4.69, 9.17) is 0 Å². The molecule has 0 aliphatic heterocycles. The smallest absolute Gasteiger partial charge is 0.122 e. The molecular formula is C11H13INOP. The van der Waals surface area contributed by atoms with E-state index in [1.54, 1.807) is 6.20 Å². The Bertz CT molecular complexity index is 424. The van der Waals surface area contributed by atoms with Gasteiger partial charge in [0.15, 0.2) is 0 Å². The first-order valence-electron chi connectivity index (χ1n) is 5.42. The van der Waals surface area contributed by atoms with Gasteiger partial charge in [0.25, 0.3) is 0 Å². The topological polar surface area (TPSA) is 30.0 Å². The fourth-order valence-corrected chi connectivity index (χ4v) is 7.64. The molecule has 2 nitrogen and oxygen atoms in total. The minimum atomic E-state index is -2.08. The van der Waals surface area contributed by atoms with Crippen molar-refractivity contribution in [1.29, 1.82) is 0 Å². The quantitative estimate of drug-likeness (QED) is 0.629. The highest BCUT2D eigenvalue weighted by Crippen LogP contribution is 2.69. The molecule has 0 N–H and O–H groups in total. The summed E-state index contributed by atoms with van der Waals surface area (Å²) < 4.78 is 14.2. The molecule has 0 atom stereocenters. The van der Waals surface area contributed by atoms with Gasteiger partial charge in [-0.2, -0.15) is 0 Å². The van der Waals surface area contributed by atoms with Crippen molar-refractivity contribution in [2.24, 2.45) is 0 Å². The average Bonchev–Trinajstić information content (AvgIpc) is 3.06. The second-order valence-electron chi connectivity index (χ2n) is 4.50. The molecule has 4 heteroatoms. The Hall–Kier alpha value is 0.110. The highest BCUT2D eigenvalue weighted by atomic mass is 127. The number of halogens is 1. The zero-order valence-electron chi connectivity index (χ0n) is 8.40. The van der Waals surface area contributed by atoms with E-state index in [-0.39, 0.29) is 0 Å². The Morgan fingerprint density at radius 1 is 1.27 bits per heavy atom. The fourth-order valence-electron chi connectivity index (χ4n) is 2.26. The number of rotatable bonds is 3. The fraction of sp³-hybridized carbons (Fsp3) is 0.545. The lowest BCUT2D eigenvalue weighted by Gasteiger charge is -2.18. The van der Waals surface area contributed by atoms with Crippen LogP contribution in [0.4, 0.5) is 0 Å². The van der Waals surface area contributed by atoms with Crippen LogP contribution in [0.1, 0.15) is 25.7 Å². The summed E-state index contributed by atoms with van der Waals surface area (Å²) in [4.78, 5) is 4.09. The van der Waals surface area contributed by atoms with Gasteiger partial charge in [0.2, 0.25) is 0 Å². The average molecular weight is 333 g/mol. The van der Waals surface area contributed by atoms with Crippen LogP contribution in [0.15, 0.2) is 18.5 Å². The van der Waals surface area contributed by atoms with Gasteiger partial charge in [0, 0.05) is 32.6 Å². The summed E-state index contributed by atoms with van der Waals surface area (Å²) in [6.45, 7) is 0. The lowest BCUT2D eigenvalue weighted by atomic mass is 10.5. The van der Waals surface area contributed by atoms with Gasteiger partial charge in [0.1, 0.15) is 7.14 Å². The van der Waals surface area contributed by atoms with Gasteiger partial charge in [0.05, 0.1) is 0 Å². The second kappa shape index (κ2) is 3.56. The second-order valence-corrected chi connectivity index (χ2v) is 9.02. The van der Waals surface area contributed by atoms with Gasteiger partial charge in [-0.05, 0) is 54.3 Å². The molecule has 1 aromatic rings. The molecule has 2 aliphatic rings. The summed E-state index contributed by atoms with van der Waals surface area (Å²) in [5.74, 6) is 0. The van der Waals surface area contributed by atoms with Gasteiger partial charge in [-0.1, -0.05) is 0 Å². The van der Waals surface area contributed by atoms with Crippen LogP contribution in [0.3, 0.4) is 0 Å². The normalized spacial score (nSPS) is 21.7. The van der Waals surface area contributed by atoms with Crippen molar-refractivity contribution >= 4 is 35.0 Å². The molecule has 2 saturated carbocycles. The molecule has 1 heterocycles. The van der Waals surface area contributed by atoms with E-state index in [9.17, 15) is 4.57 Å². The number of pyridine rings is 1. The van der Waals surface area contributed by atoms with Crippen LogP contribution in [-0.4, -0.2) is 16.3 Å². The standard InChI is InChI=1S/C11H13INOP/c12-10-7-13-6-5-11(10)15(14,8-1-2-8)9-3-4-9/h5-9H,1-4H2. The van der Waals surface area contributed by atoms with E-state index in [1.807, 2.05) is 12.3 Å². The molecule has 15 heavy (non-hydrogen) atoms. The Balaban J connectivity index is 2.09. The molecular weight excluding hydrogens is 320 g/mol. The van der Waals surface area contributed by atoms with E-state index in [0.29, 0.717) is 11.3 Å². The zero-order chi connectivity index (χ0) is 10.5. The van der Waals surface area contributed by atoms with Crippen LogP contribution in [0.25, 0.3) is 0 Å². The number of hydrogen-bond acceptors (Lipinski definition) is 2. The zero-order valence-corrected chi connectivity index (χ0v) is 11.4. The number of hydrogen-bond donors (Lipinski definition) is 0. The molecule has 2 aliphatic carbocycles. The molecule has 0 unspecified atom stereocenters. The molecule has 0 aromatic carbocycles. The maximum atomic E-state index is 13.1. The Kier molecular flexibility index (Phi) is 2.44. The van der Waals surface area contributed by atoms with Crippen LogP contribution < -0.4 is 5.30 Å². The molecule has 0 radical (unpaired) electrons. The summed E-state index contributed by atoms with van der Waals surface area (Å²) in [5.41, 5.74) is 1.00. The minimum absolute atomic E-state index is 0.501. The summed E-state index contributed by atoms with van der Waals surface area (Å²) >= 11 is 2.27. The Labute approximate surface area is 103 Å². The third-order valence-corrected chi connectivity index (χ3v) is 8.94. The summed E-state index contributed by atoms with van der Waals surface area (Å²) in [5, 5.41) is 1.11. The maximum absolute atomic E-state index is 13.1. The van der Waals surface area contributed by atoms with Gasteiger partial charge in [-0.25, -0.2) is 0 Å². The van der Waals surface area contributed by atoms with E-state index in [1.165, 1.54) is 25.7 Å². The van der Waals surface area contributed by atoms with Crippen molar-refractivity contribution in [3.8, 4) is 0 Å². The van der Waals surface area contributed by atoms with Gasteiger partial charge >= 0.3 is 0 Å². The highest BCUT2D eigenvalue weighted by Gasteiger charge is 2.52. The summed E-state index contributed by atoms with van der Waals surface area (Å²) in [7, 11) is -2.08. The molecule has 3 rings (SSSR count). The van der Waals surface area contributed by atoms with Crippen LogP contribution in [0.5, 0.6) is 0 Å². The summed E-state index contributed by atoms with van der Waals surface area (Å²) in [6.07, 6.45) is 8.32. The molecule has 0 saturated heterocycles. The van der Waals surface area contributed by atoms with Crippen molar-refractivity contribution in [1.82, 2.24) is 4.98 Å². The maximum Gasteiger partial charge on any atom is 0.122 e. The van der Waals surface area contributed by atoms with Gasteiger partial charge in [-0.15, -0.1) is 0 Å². The molecule has 0 bridgehead atoms. The largest absolute Gasteiger partial charge is 0.318 e. The van der Waals surface area contributed by atoms with E-state index in [0.717, 1.165) is 8.87 Å². The lowest BCUT2D eigenvalue weighted by molar-refractivity contribution is 0.579. The monoisotopic (exact) mass is 333 g/mol. The van der Waals surface area contributed by atoms with E-state index >= 15 is 0 Å². The lowest BCUT2D eigenvalue weighted by Crippen LogP contribution is -2.15. The van der Waals surface area contributed by atoms with Crippen LogP contribution in [0, 0.1) is 3.57 Å². The minimum Gasteiger partial charge on any atom is -0.318 e. The van der Waals surface area contributed by atoms with Gasteiger partial charge < -0.3 is 4.57 Å². The molecule has 1 aromatic heterocycles. The van der Waals surface area contributed by atoms with Crippen molar-refractivity contribution in [2.45, 2.75) is 37.0 Å². The van der Waals surface area contributed by atoms with Crippen molar-refractivity contribution in [2.75, 3.05) is 0 Å². The first-order valence-corrected chi connectivity index (χ1v) is 8.35.